The molecule has 0 N–H and O–H groups in total. The van der Waals surface area contributed by atoms with Gasteiger partial charge in [0.1, 0.15) is 0 Å². The van der Waals surface area contributed by atoms with Crippen molar-refractivity contribution in [1.29, 1.82) is 5.26 Å². The number of hydrogen-bond donors (Lipinski definition) is 0. The molecule has 1 aromatic carbocycles. The lowest BCUT2D eigenvalue weighted by Crippen LogP contribution is -1.87. The van der Waals surface area contributed by atoms with E-state index in [1.807, 2.05) is 19.1 Å². The van der Waals surface area contributed by atoms with Crippen molar-refractivity contribution in [3.63, 3.8) is 0 Å². The Morgan fingerprint density at radius 3 is 2.88 bits per heavy atom. The zero-order valence-electron chi connectivity index (χ0n) is 9.90. The van der Waals surface area contributed by atoms with Crippen LogP contribution in [0.3, 0.4) is 0 Å². The van der Waals surface area contributed by atoms with Crippen molar-refractivity contribution in [3.05, 3.63) is 35.2 Å². The van der Waals surface area contributed by atoms with Gasteiger partial charge in [0.25, 0.3) is 5.89 Å². The van der Waals surface area contributed by atoms with Crippen molar-refractivity contribution in [2.75, 3.05) is 0 Å². The highest BCUT2D eigenvalue weighted by molar-refractivity contribution is 5.60. The Bertz CT molecular complexity index is 566. The van der Waals surface area contributed by atoms with E-state index >= 15 is 0 Å². The van der Waals surface area contributed by atoms with Crippen LogP contribution in [0, 0.1) is 18.3 Å². The van der Waals surface area contributed by atoms with Gasteiger partial charge in [-0.25, -0.2) is 0 Å². The van der Waals surface area contributed by atoms with Crippen LogP contribution in [0.15, 0.2) is 22.7 Å². The molecule has 0 aliphatic carbocycles. The smallest absolute Gasteiger partial charge is 0.258 e. The molecule has 2 aromatic rings. The highest BCUT2D eigenvalue weighted by Gasteiger charge is 2.10. The van der Waals surface area contributed by atoms with E-state index in [4.69, 9.17) is 9.78 Å². The summed E-state index contributed by atoms with van der Waals surface area (Å²) in [5.74, 6) is 1.25. The Kier molecular flexibility index (Phi) is 3.20. The summed E-state index contributed by atoms with van der Waals surface area (Å²) in [6, 6.07) is 7.52. The van der Waals surface area contributed by atoms with Crippen LogP contribution in [0.4, 0.5) is 0 Å². The van der Waals surface area contributed by atoms with Crippen molar-refractivity contribution in [2.24, 2.45) is 0 Å². The topological polar surface area (TPSA) is 62.7 Å². The van der Waals surface area contributed by atoms with Crippen molar-refractivity contribution in [1.82, 2.24) is 10.1 Å². The predicted molar refractivity (Wildman–Crippen MR) is 63.2 cm³/mol. The lowest BCUT2D eigenvalue weighted by Gasteiger charge is -1.99. The van der Waals surface area contributed by atoms with Gasteiger partial charge in [-0.05, 0) is 37.1 Å². The summed E-state index contributed by atoms with van der Waals surface area (Å²) in [5.41, 5.74) is 2.49. The summed E-state index contributed by atoms with van der Waals surface area (Å²) in [4.78, 5) is 4.33. The van der Waals surface area contributed by atoms with Gasteiger partial charge in [-0.1, -0.05) is 12.1 Å². The first kappa shape index (κ1) is 11.3. The molecule has 86 valence electrons. The van der Waals surface area contributed by atoms with Crippen LogP contribution in [-0.4, -0.2) is 10.1 Å². The lowest BCUT2D eigenvalue weighted by molar-refractivity contribution is 0.422. The fourth-order valence-corrected chi connectivity index (χ4v) is 1.66. The average molecular weight is 227 g/mol. The van der Waals surface area contributed by atoms with Gasteiger partial charge in [0, 0.05) is 12.0 Å². The third-order valence-electron chi connectivity index (χ3n) is 2.53. The van der Waals surface area contributed by atoms with Crippen molar-refractivity contribution in [3.8, 4) is 17.5 Å². The molecule has 2 rings (SSSR count). The Hall–Kier alpha value is -2.15. The minimum absolute atomic E-state index is 0.524. The molecule has 4 nitrogen and oxygen atoms in total. The predicted octanol–water partition coefficient (Wildman–Crippen LogP) is 2.87. The monoisotopic (exact) mass is 227 g/mol. The molecule has 0 fully saturated rings. The molecule has 4 heteroatoms. The SMILES string of the molecule is CCCc1noc(-c2ccc(C#N)cc2C)n1. The zero-order valence-corrected chi connectivity index (χ0v) is 9.90. The van der Waals surface area contributed by atoms with Crippen LogP contribution < -0.4 is 0 Å². The van der Waals surface area contributed by atoms with Gasteiger partial charge in [-0.3, -0.25) is 0 Å². The van der Waals surface area contributed by atoms with Gasteiger partial charge in [-0.15, -0.1) is 0 Å². The van der Waals surface area contributed by atoms with Crippen LogP contribution in [0.25, 0.3) is 11.5 Å². The molecule has 1 aromatic heterocycles. The maximum atomic E-state index is 8.80. The first-order valence-electron chi connectivity index (χ1n) is 5.58. The van der Waals surface area contributed by atoms with Gasteiger partial charge in [0.15, 0.2) is 5.82 Å². The molecule has 0 radical (unpaired) electrons. The first-order valence-corrected chi connectivity index (χ1v) is 5.58. The standard InChI is InChI=1S/C13H13N3O/c1-3-4-12-15-13(17-16-12)11-6-5-10(8-14)7-9(11)2/h5-7H,3-4H2,1-2H3. The summed E-state index contributed by atoms with van der Waals surface area (Å²) in [7, 11) is 0. The van der Waals surface area contributed by atoms with E-state index < -0.39 is 0 Å². The second kappa shape index (κ2) is 4.79. The molecule has 0 saturated heterocycles. The molecule has 1 heterocycles. The number of nitrogens with zero attached hydrogens (tertiary/aromatic N) is 3. The van der Waals surface area contributed by atoms with Crippen LogP contribution in [-0.2, 0) is 6.42 Å². The Balaban J connectivity index is 2.36. The van der Waals surface area contributed by atoms with Crippen molar-refractivity contribution in [2.45, 2.75) is 26.7 Å². The highest BCUT2D eigenvalue weighted by atomic mass is 16.5. The van der Waals surface area contributed by atoms with E-state index in [1.165, 1.54) is 0 Å². The first-order chi connectivity index (χ1) is 8.24. The highest BCUT2D eigenvalue weighted by Crippen LogP contribution is 2.22. The average Bonchev–Trinajstić information content (AvgIpc) is 2.78. The van der Waals surface area contributed by atoms with Crippen LogP contribution in [0.1, 0.15) is 30.3 Å². The molecular formula is C13H13N3O. The lowest BCUT2D eigenvalue weighted by atomic mass is 10.1. The molecule has 0 atom stereocenters. The molecule has 0 amide bonds. The van der Waals surface area contributed by atoms with Gasteiger partial charge >= 0.3 is 0 Å². The van der Waals surface area contributed by atoms with E-state index in [-0.39, 0.29) is 0 Å². The molecule has 17 heavy (non-hydrogen) atoms. The number of rotatable bonds is 3. The second-order valence-electron chi connectivity index (χ2n) is 3.91. The maximum absolute atomic E-state index is 8.80. The zero-order chi connectivity index (χ0) is 12.3. The molecule has 0 aliphatic heterocycles. The Morgan fingerprint density at radius 1 is 1.41 bits per heavy atom. The van der Waals surface area contributed by atoms with Crippen LogP contribution >= 0.6 is 0 Å². The Labute approximate surface area is 99.9 Å². The van der Waals surface area contributed by atoms with Crippen LogP contribution in [0.2, 0.25) is 0 Å². The fraction of sp³-hybridized carbons (Fsp3) is 0.308. The summed E-state index contributed by atoms with van der Waals surface area (Å²) in [6.07, 6.45) is 1.81. The fourth-order valence-electron chi connectivity index (χ4n) is 1.66. The third-order valence-corrected chi connectivity index (χ3v) is 2.53. The summed E-state index contributed by atoms with van der Waals surface area (Å²) in [6.45, 7) is 4.00. The van der Waals surface area contributed by atoms with E-state index in [9.17, 15) is 0 Å². The maximum Gasteiger partial charge on any atom is 0.258 e. The minimum Gasteiger partial charge on any atom is -0.334 e. The number of benzene rings is 1. The number of aryl methyl sites for hydroxylation is 2. The number of nitriles is 1. The minimum atomic E-state index is 0.524. The normalized spacial score (nSPS) is 10.2. The molecule has 0 bridgehead atoms. The van der Waals surface area contributed by atoms with Gasteiger partial charge < -0.3 is 4.52 Å². The van der Waals surface area contributed by atoms with E-state index in [0.717, 1.165) is 29.8 Å². The second-order valence-corrected chi connectivity index (χ2v) is 3.91. The van der Waals surface area contributed by atoms with Crippen molar-refractivity contribution >= 4 is 0 Å². The molecule has 0 unspecified atom stereocenters. The quantitative estimate of drug-likeness (QED) is 0.808. The molecular weight excluding hydrogens is 214 g/mol. The van der Waals surface area contributed by atoms with Crippen LogP contribution in [0.5, 0.6) is 0 Å². The van der Waals surface area contributed by atoms with E-state index in [0.29, 0.717) is 11.5 Å². The van der Waals surface area contributed by atoms with Gasteiger partial charge in [-0.2, -0.15) is 10.2 Å². The summed E-state index contributed by atoms with van der Waals surface area (Å²) in [5, 5.41) is 12.7. The summed E-state index contributed by atoms with van der Waals surface area (Å²) < 4.78 is 5.21. The largest absolute Gasteiger partial charge is 0.334 e. The van der Waals surface area contributed by atoms with Crippen molar-refractivity contribution < 1.29 is 4.52 Å². The summed E-state index contributed by atoms with van der Waals surface area (Å²) >= 11 is 0. The molecule has 0 spiro atoms. The van der Waals surface area contributed by atoms with E-state index in [2.05, 4.69) is 23.1 Å². The van der Waals surface area contributed by atoms with Gasteiger partial charge in [0.05, 0.1) is 11.6 Å². The molecule has 0 aliphatic rings. The number of hydrogen-bond acceptors (Lipinski definition) is 4. The van der Waals surface area contributed by atoms with E-state index in [1.54, 1.807) is 6.07 Å². The Morgan fingerprint density at radius 2 is 2.24 bits per heavy atom. The third kappa shape index (κ3) is 2.34. The number of aromatic nitrogens is 2. The molecule has 0 saturated carbocycles. The van der Waals surface area contributed by atoms with Gasteiger partial charge in [0.2, 0.25) is 0 Å².